The van der Waals surface area contributed by atoms with Gasteiger partial charge in [-0.15, -0.1) is 0 Å². The smallest absolute Gasteiger partial charge is 0.471 e. The molecule has 2 rings (SSSR count). The highest BCUT2D eigenvalue weighted by Crippen LogP contribution is 2.55. The molecule has 0 aromatic carbocycles. The van der Waals surface area contributed by atoms with Crippen molar-refractivity contribution in [2.45, 2.75) is 25.1 Å². The summed E-state index contributed by atoms with van der Waals surface area (Å²) in [5, 5.41) is 10.7. The SMILES string of the molecule is O=C(O)[C@@H]1C[C@H](NC(=O)C(F)(F)F)[C@H]2C[C@H]21. The van der Waals surface area contributed by atoms with Crippen molar-refractivity contribution >= 4 is 11.9 Å². The summed E-state index contributed by atoms with van der Waals surface area (Å²) in [6.45, 7) is 0. The first kappa shape index (κ1) is 11.2. The molecule has 0 saturated heterocycles. The molecule has 7 heteroatoms. The molecule has 4 nitrogen and oxygen atoms in total. The number of alkyl halides is 3. The van der Waals surface area contributed by atoms with Gasteiger partial charge in [-0.2, -0.15) is 13.2 Å². The van der Waals surface area contributed by atoms with Crippen molar-refractivity contribution in [1.29, 1.82) is 0 Å². The lowest BCUT2D eigenvalue weighted by molar-refractivity contribution is -0.174. The van der Waals surface area contributed by atoms with Crippen molar-refractivity contribution in [2.24, 2.45) is 17.8 Å². The molecule has 0 heterocycles. The first-order valence-corrected chi connectivity index (χ1v) is 4.91. The average molecular weight is 237 g/mol. The van der Waals surface area contributed by atoms with Crippen molar-refractivity contribution in [3.63, 3.8) is 0 Å². The fraction of sp³-hybridized carbons (Fsp3) is 0.778. The molecule has 2 saturated carbocycles. The second-order valence-corrected chi connectivity index (χ2v) is 4.32. The summed E-state index contributed by atoms with van der Waals surface area (Å²) in [5.41, 5.74) is 0. The van der Waals surface area contributed by atoms with Crippen LogP contribution in [0.25, 0.3) is 0 Å². The van der Waals surface area contributed by atoms with Crippen LogP contribution in [-0.4, -0.2) is 29.2 Å². The minimum absolute atomic E-state index is 0.0592. The number of nitrogens with one attached hydrogen (secondary N) is 1. The molecule has 16 heavy (non-hydrogen) atoms. The Morgan fingerprint density at radius 3 is 2.25 bits per heavy atom. The standard InChI is InChI=1S/C9H10F3NO3/c10-9(11,12)8(16)13-6-2-5(7(14)15)3-1-4(3)6/h3-6H,1-2H2,(H,13,16)(H,14,15)/t3-,4+,5-,6+/m1/s1. The number of rotatable bonds is 2. The van der Waals surface area contributed by atoms with Gasteiger partial charge in [-0.3, -0.25) is 9.59 Å². The predicted octanol–water partition coefficient (Wildman–Crippen LogP) is 0.774. The van der Waals surface area contributed by atoms with Crippen LogP contribution in [0.15, 0.2) is 0 Å². The monoisotopic (exact) mass is 237 g/mol. The van der Waals surface area contributed by atoms with Crippen LogP contribution in [0.4, 0.5) is 13.2 Å². The zero-order chi connectivity index (χ0) is 12.1. The van der Waals surface area contributed by atoms with Crippen molar-refractivity contribution in [2.75, 3.05) is 0 Å². The number of halogens is 3. The first-order valence-electron chi connectivity index (χ1n) is 4.91. The highest BCUT2D eigenvalue weighted by Gasteiger charge is 2.58. The van der Waals surface area contributed by atoms with Gasteiger partial charge in [0.2, 0.25) is 0 Å². The number of aliphatic carboxylic acids is 1. The van der Waals surface area contributed by atoms with Gasteiger partial charge in [0, 0.05) is 6.04 Å². The number of hydrogen-bond acceptors (Lipinski definition) is 2. The molecular weight excluding hydrogens is 227 g/mol. The average Bonchev–Trinajstić information content (AvgIpc) is 2.83. The van der Waals surface area contributed by atoms with E-state index in [9.17, 15) is 22.8 Å². The van der Waals surface area contributed by atoms with Gasteiger partial charge in [0.15, 0.2) is 0 Å². The lowest BCUT2D eigenvalue weighted by atomic mass is 10.0. The van der Waals surface area contributed by atoms with E-state index in [1.807, 2.05) is 5.32 Å². The molecule has 0 spiro atoms. The number of hydrogen-bond donors (Lipinski definition) is 2. The molecule has 0 unspecified atom stereocenters. The quantitative estimate of drug-likeness (QED) is 0.745. The van der Waals surface area contributed by atoms with E-state index in [1.54, 1.807) is 0 Å². The highest BCUT2D eigenvalue weighted by atomic mass is 19.4. The lowest BCUT2D eigenvalue weighted by Gasteiger charge is -2.16. The summed E-state index contributed by atoms with van der Waals surface area (Å²) >= 11 is 0. The van der Waals surface area contributed by atoms with Crippen LogP contribution in [0.5, 0.6) is 0 Å². The molecular formula is C9H10F3NO3. The number of carbonyl (C=O) groups is 2. The molecule has 0 aromatic heterocycles. The summed E-state index contributed by atoms with van der Waals surface area (Å²) < 4.78 is 35.9. The maximum Gasteiger partial charge on any atom is 0.471 e. The predicted molar refractivity (Wildman–Crippen MR) is 45.3 cm³/mol. The minimum Gasteiger partial charge on any atom is -0.481 e. The Morgan fingerprint density at radius 2 is 1.81 bits per heavy atom. The molecule has 2 aliphatic carbocycles. The second kappa shape index (κ2) is 3.36. The van der Waals surface area contributed by atoms with Crippen LogP contribution in [0.2, 0.25) is 0 Å². The van der Waals surface area contributed by atoms with Crippen LogP contribution in [0.1, 0.15) is 12.8 Å². The Balaban J connectivity index is 1.95. The number of carbonyl (C=O) groups excluding carboxylic acids is 1. The van der Waals surface area contributed by atoms with E-state index in [2.05, 4.69) is 0 Å². The third-order valence-electron chi connectivity index (χ3n) is 3.32. The molecule has 2 N–H and O–H groups in total. The van der Waals surface area contributed by atoms with Crippen LogP contribution in [-0.2, 0) is 9.59 Å². The van der Waals surface area contributed by atoms with Crippen LogP contribution in [0, 0.1) is 17.8 Å². The maximum atomic E-state index is 12.0. The van der Waals surface area contributed by atoms with Gasteiger partial charge in [0.25, 0.3) is 0 Å². The summed E-state index contributed by atoms with van der Waals surface area (Å²) in [7, 11) is 0. The van der Waals surface area contributed by atoms with Gasteiger partial charge in [0.05, 0.1) is 5.92 Å². The van der Waals surface area contributed by atoms with Crippen molar-refractivity contribution < 1.29 is 27.9 Å². The van der Waals surface area contributed by atoms with E-state index in [0.29, 0.717) is 6.42 Å². The first-order chi connectivity index (χ1) is 7.30. The number of fused-ring (bicyclic) bond motifs is 1. The zero-order valence-corrected chi connectivity index (χ0v) is 8.12. The van der Waals surface area contributed by atoms with Crippen LogP contribution >= 0.6 is 0 Å². The van der Waals surface area contributed by atoms with Crippen molar-refractivity contribution in [1.82, 2.24) is 5.32 Å². The van der Waals surface area contributed by atoms with Crippen LogP contribution < -0.4 is 5.32 Å². The van der Waals surface area contributed by atoms with E-state index in [1.165, 1.54) is 0 Å². The van der Waals surface area contributed by atoms with Gasteiger partial charge < -0.3 is 10.4 Å². The van der Waals surface area contributed by atoms with Gasteiger partial charge in [-0.25, -0.2) is 0 Å². The van der Waals surface area contributed by atoms with E-state index in [4.69, 9.17) is 5.11 Å². The Bertz CT molecular complexity index is 341. The molecule has 90 valence electrons. The van der Waals surface area contributed by atoms with E-state index < -0.39 is 30.0 Å². The normalized spacial score (nSPS) is 36.7. The molecule has 0 aliphatic heterocycles. The molecule has 0 radical (unpaired) electrons. The molecule has 4 atom stereocenters. The second-order valence-electron chi connectivity index (χ2n) is 4.32. The molecule has 0 aromatic rings. The topological polar surface area (TPSA) is 66.4 Å². The lowest BCUT2D eigenvalue weighted by Crippen LogP contribution is -2.43. The number of carboxylic acid groups (broad SMARTS) is 1. The largest absolute Gasteiger partial charge is 0.481 e. The van der Waals surface area contributed by atoms with Gasteiger partial charge in [-0.1, -0.05) is 0 Å². The van der Waals surface area contributed by atoms with Gasteiger partial charge >= 0.3 is 18.1 Å². The molecule has 2 fully saturated rings. The minimum atomic E-state index is -4.90. The Hall–Kier alpha value is -1.27. The summed E-state index contributed by atoms with van der Waals surface area (Å²) in [4.78, 5) is 21.4. The zero-order valence-electron chi connectivity index (χ0n) is 8.12. The molecule has 1 amide bonds. The summed E-state index contributed by atoms with van der Waals surface area (Å²) in [5.74, 6) is -3.72. The van der Waals surface area contributed by atoms with E-state index in [0.717, 1.165) is 0 Å². The molecule has 0 bridgehead atoms. The Morgan fingerprint density at radius 1 is 1.19 bits per heavy atom. The molecule has 2 aliphatic rings. The van der Waals surface area contributed by atoms with Crippen LogP contribution in [0.3, 0.4) is 0 Å². The Labute approximate surface area is 88.8 Å². The highest BCUT2D eigenvalue weighted by molar-refractivity contribution is 5.82. The third-order valence-corrected chi connectivity index (χ3v) is 3.32. The Kier molecular flexibility index (Phi) is 2.36. The third kappa shape index (κ3) is 1.85. The number of carboxylic acids is 1. The fourth-order valence-electron chi connectivity index (χ4n) is 2.48. The van der Waals surface area contributed by atoms with Gasteiger partial charge in [-0.05, 0) is 24.7 Å². The fourth-order valence-corrected chi connectivity index (χ4v) is 2.48. The van der Waals surface area contributed by atoms with E-state index >= 15 is 0 Å². The summed E-state index contributed by atoms with van der Waals surface area (Å²) in [6, 6.07) is -0.639. The number of amides is 1. The van der Waals surface area contributed by atoms with Crippen molar-refractivity contribution in [3.8, 4) is 0 Å². The van der Waals surface area contributed by atoms with Crippen molar-refractivity contribution in [3.05, 3.63) is 0 Å². The summed E-state index contributed by atoms with van der Waals surface area (Å²) in [6.07, 6.45) is -4.20. The maximum absolute atomic E-state index is 12.0. The van der Waals surface area contributed by atoms with Gasteiger partial charge in [0.1, 0.15) is 0 Å². The van der Waals surface area contributed by atoms with E-state index in [-0.39, 0.29) is 18.3 Å².